The smallest absolute Gasteiger partial charge is 0.269 e. The third-order valence-corrected chi connectivity index (χ3v) is 3.72. The van der Waals surface area contributed by atoms with Gasteiger partial charge in [0.25, 0.3) is 5.69 Å². The summed E-state index contributed by atoms with van der Waals surface area (Å²) in [6.07, 6.45) is 0. The van der Waals surface area contributed by atoms with Gasteiger partial charge in [0, 0.05) is 17.7 Å². The molecule has 3 rings (SSSR count). The Kier molecular flexibility index (Phi) is 4.83. The van der Waals surface area contributed by atoms with Crippen molar-refractivity contribution < 1.29 is 10.0 Å². The van der Waals surface area contributed by atoms with Crippen LogP contribution < -0.4 is 5.73 Å². The molecule has 3 aromatic carbocycles. The molecule has 0 saturated heterocycles. The van der Waals surface area contributed by atoms with Crippen LogP contribution >= 0.6 is 12.4 Å². The van der Waals surface area contributed by atoms with E-state index in [1.165, 1.54) is 12.1 Å². The zero-order chi connectivity index (χ0) is 15.7. The van der Waals surface area contributed by atoms with Gasteiger partial charge in [-0.05, 0) is 22.4 Å². The molecule has 0 aliphatic carbocycles. The van der Waals surface area contributed by atoms with Crippen molar-refractivity contribution in [2.45, 2.75) is 6.04 Å². The number of halogens is 1. The highest BCUT2D eigenvalue weighted by Gasteiger charge is 2.17. The quantitative estimate of drug-likeness (QED) is 0.562. The second-order valence-electron chi connectivity index (χ2n) is 5.05. The molecular formula is C17H15ClN2O3. The normalized spacial score (nSPS) is 11.7. The van der Waals surface area contributed by atoms with E-state index in [9.17, 15) is 15.2 Å². The number of hydrogen-bond donors (Lipinski definition) is 2. The Hall–Kier alpha value is -2.63. The number of aromatic hydroxyl groups is 1. The maximum Gasteiger partial charge on any atom is 0.269 e. The average molecular weight is 331 g/mol. The van der Waals surface area contributed by atoms with E-state index in [-0.39, 0.29) is 23.8 Å². The monoisotopic (exact) mass is 330 g/mol. The van der Waals surface area contributed by atoms with E-state index in [0.29, 0.717) is 11.1 Å². The molecule has 23 heavy (non-hydrogen) atoms. The summed E-state index contributed by atoms with van der Waals surface area (Å²) in [4.78, 5) is 10.3. The summed E-state index contributed by atoms with van der Waals surface area (Å²) in [5.41, 5.74) is 7.62. The number of phenols is 1. The lowest BCUT2D eigenvalue weighted by molar-refractivity contribution is -0.384. The molecule has 0 radical (unpaired) electrons. The maximum atomic E-state index is 10.7. The average Bonchev–Trinajstić information content (AvgIpc) is 2.54. The molecule has 0 saturated carbocycles. The Labute approximate surface area is 138 Å². The Morgan fingerprint density at radius 1 is 1.00 bits per heavy atom. The molecule has 0 aliphatic heterocycles. The molecule has 0 heterocycles. The van der Waals surface area contributed by atoms with E-state index in [0.717, 1.165) is 10.8 Å². The van der Waals surface area contributed by atoms with Gasteiger partial charge in [-0.15, -0.1) is 12.4 Å². The van der Waals surface area contributed by atoms with Crippen molar-refractivity contribution in [3.8, 4) is 5.75 Å². The van der Waals surface area contributed by atoms with Gasteiger partial charge in [-0.25, -0.2) is 0 Å². The van der Waals surface area contributed by atoms with Crippen LogP contribution in [-0.4, -0.2) is 10.0 Å². The lowest BCUT2D eigenvalue weighted by Gasteiger charge is -2.16. The van der Waals surface area contributed by atoms with Gasteiger partial charge in [0.15, 0.2) is 0 Å². The lowest BCUT2D eigenvalue weighted by atomic mass is 9.93. The van der Waals surface area contributed by atoms with Gasteiger partial charge in [0.05, 0.1) is 11.0 Å². The Morgan fingerprint density at radius 2 is 1.65 bits per heavy atom. The molecule has 0 aliphatic rings. The highest BCUT2D eigenvalue weighted by Crippen LogP contribution is 2.34. The minimum atomic E-state index is -0.563. The summed E-state index contributed by atoms with van der Waals surface area (Å²) in [5, 5.41) is 22.8. The summed E-state index contributed by atoms with van der Waals surface area (Å²) < 4.78 is 0. The SMILES string of the molecule is Cl.N[C@@H](c1ccc([N+](=O)[O-])cc1)c1c(O)ccc2ccccc12. The van der Waals surface area contributed by atoms with Crippen LogP contribution in [0.3, 0.4) is 0 Å². The van der Waals surface area contributed by atoms with E-state index in [4.69, 9.17) is 5.73 Å². The molecule has 0 spiro atoms. The molecule has 6 heteroatoms. The minimum absolute atomic E-state index is 0. The number of nitro benzene ring substituents is 1. The van der Waals surface area contributed by atoms with Crippen molar-refractivity contribution in [1.82, 2.24) is 0 Å². The van der Waals surface area contributed by atoms with E-state index >= 15 is 0 Å². The fourth-order valence-electron chi connectivity index (χ4n) is 2.58. The molecule has 0 aromatic heterocycles. The van der Waals surface area contributed by atoms with Gasteiger partial charge in [-0.3, -0.25) is 10.1 Å². The molecule has 0 bridgehead atoms. The predicted molar refractivity (Wildman–Crippen MR) is 92.0 cm³/mol. The van der Waals surface area contributed by atoms with Gasteiger partial charge >= 0.3 is 0 Å². The summed E-state index contributed by atoms with van der Waals surface area (Å²) >= 11 is 0. The van der Waals surface area contributed by atoms with Crippen LogP contribution in [0.4, 0.5) is 5.69 Å². The minimum Gasteiger partial charge on any atom is -0.508 e. The summed E-state index contributed by atoms with van der Waals surface area (Å²) in [6.45, 7) is 0. The number of nitro groups is 1. The molecule has 1 atom stereocenters. The van der Waals surface area contributed by atoms with Crippen LogP contribution in [0, 0.1) is 10.1 Å². The van der Waals surface area contributed by atoms with E-state index in [2.05, 4.69) is 0 Å². The first-order valence-corrected chi connectivity index (χ1v) is 6.78. The molecule has 3 aromatic rings. The number of fused-ring (bicyclic) bond motifs is 1. The van der Waals surface area contributed by atoms with Crippen LogP contribution in [0.1, 0.15) is 17.2 Å². The molecule has 0 unspecified atom stereocenters. The van der Waals surface area contributed by atoms with Gasteiger partial charge in [0.2, 0.25) is 0 Å². The van der Waals surface area contributed by atoms with Gasteiger partial charge < -0.3 is 10.8 Å². The number of phenolic OH excluding ortho intramolecular Hbond substituents is 1. The van der Waals surface area contributed by atoms with Crippen LogP contribution in [0.2, 0.25) is 0 Å². The highest BCUT2D eigenvalue weighted by molar-refractivity contribution is 5.88. The molecule has 0 amide bonds. The standard InChI is InChI=1S/C17H14N2O3.ClH/c18-17(12-5-8-13(9-6-12)19(21)22)16-14-4-2-1-3-11(14)7-10-15(16)20;/h1-10,17,20H,18H2;1H/t17-;/m0./s1. The van der Waals surface area contributed by atoms with E-state index in [1.807, 2.05) is 30.3 Å². The lowest BCUT2D eigenvalue weighted by Crippen LogP contribution is -2.12. The number of benzene rings is 3. The van der Waals surface area contributed by atoms with E-state index < -0.39 is 11.0 Å². The summed E-state index contributed by atoms with van der Waals surface area (Å²) in [6, 6.07) is 16.6. The summed E-state index contributed by atoms with van der Waals surface area (Å²) in [7, 11) is 0. The number of rotatable bonds is 3. The largest absolute Gasteiger partial charge is 0.508 e. The van der Waals surface area contributed by atoms with Crippen LogP contribution in [0.25, 0.3) is 10.8 Å². The van der Waals surface area contributed by atoms with Gasteiger partial charge in [-0.1, -0.05) is 42.5 Å². The fraction of sp³-hybridized carbons (Fsp3) is 0.0588. The molecule has 0 fully saturated rings. The zero-order valence-corrected chi connectivity index (χ0v) is 12.9. The van der Waals surface area contributed by atoms with Crippen LogP contribution in [-0.2, 0) is 0 Å². The van der Waals surface area contributed by atoms with Crippen molar-refractivity contribution in [2.24, 2.45) is 5.73 Å². The Bertz CT molecular complexity index is 850. The number of nitrogens with zero attached hydrogens (tertiary/aromatic N) is 1. The molecule has 5 nitrogen and oxygen atoms in total. The van der Waals surface area contributed by atoms with E-state index in [1.54, 1.807) is 18.2 Å². The molecule has 118 valence electrons. The zero-order valence-electron chi connectivity index (χ0n) is 12.0. The number of nitrogens with two attached hydrogens (primary N) is 1. The molecule has 3 N–H and O–H groups in total. The Balaban J connectivity index is 0.00000192. The second kappa shape index (κ2) is 6.64. The first-order chi connectivity index (χ1) is 10.6. The third-order valence-electron chi connectivity index (χ3n) is 3.72. The highest BCUT2D eigenvalue weighted by atomic mass is 35.5. The van der Waals surface area contributed by atoms with Crippen molar-refractivity contribution in [3.63, 3.8) is 0 Å². The first-order valence-electron chi connectivity index (χ1n) is 6.78. The first kappa shape index (κ1) is 16.7. The molecular weight excluding hydrogens is 316 g/mol. The maximum absolute atomic E-state index is 10.7. The van der Waals surface area contributed by atoms with Gasteiger partial charge in [0.1, 0.15) is 5.75 Å². The fourth-order valence-corrected chi connectivity index (χ4v) is 2.58. The van der Waals surface area contributed by atoms with Crippen molar-refractivity contribution in [2.75, 3.05) is 0 Å². The van der Waals surface area contributed by atoms with Crippen LogP contribution in [0.5, 0.6) is 5.75 Å². The Morgan fingerprint density at radius 3 is 2.30 bits per heavy atom. The number of hydrogen-bond acceptors (Lipinski definition) is 4. The predicted octanol–water partition coefficient (Wildman–Crippen LogP) is 3.92. The second-order valence-corrected chi connectivity index (χ2v) is 5.05. The number of non-ortho nitro benzene ring substituents is 1. The topological polar surface area (TPSA) is 89.4 Å². The van der Waals surface area contributed by atoms with Crippen molar-refractivity contribution in [3.05, 3.63) is 81.9 Å². The van der Waals surface area contributed by atoms with Crippen molar-refractivity contribution in [1.29, 1.82) is 0 Å². The van der Waals surface area contributed by atoms with Crippen molar-refractivity contribution >= 4 is 28.9 Å². The van der Waals surface area contributed by atoms with Crippen LogP contribution in [0.15, 0.2) is 60.7 Å². The van der Waals surface area contributed by atoms with Gasteiger partial charge in [-0.2, -0.15) is 0 Å². The third kappa shape index (κ3) is 3.11. The summed E-state index contributed by atoms with van der Waals surface area (Å²) in [5.74, 6) is 0.115.